The summed E-state index contributed by atoms with van der Waals surface area (Å²) >= 11 is 0. The summed E-state index contributed by atoms with van der Waals surface area (Å²) < 4.78 is 0. The van der Waals surface area contributed by atoms with Crippen LogP contribution in [-0.2, 0) is 11.3 Å². The Balaban J connectivity index is 1.93. The fraction of sp³-hybridized carbons (Fsp3) is 0.533. The van der Waals surface area contributed by atoms with E-state index in [1.165, 1.54) is 16.7 Å². The highest BCUT2D eigenvalue weighted by molar-refractivity contribution is 5.67. The number of aryl methyl sites for hydroxylation is 2. The number of hydrogen-bond acceptors (Lipinski definition) is 2. The third-order valence-electron chi connectivity index (χ3n) is 3.52. The molecule has 1 unspecified atom stereocenters. The Hall–Kier alpha value is -1.35. The Morgan fingerprint density at radius 3 is 2.61 bits per heavy atom. The Morgan fingerprint density at radius 2 is 2.00 bits per heavy atom. The van der Waals surface area contributed by atoms with Gasteiger partial charge in [0.25, 0.3) is 0 Å². The summed E-state index contributed by atoms with van der Waals surface area (Å²) in [5.74, 6) is -0.346. The maximum atomic E-state index is 10.7. The zero-order chi connectivity index (χ0) is 13.1. The highest BCUT2D eigenvalue weighted by atomic mass is 16.4. The van der Waals surface area contributed by atoms with E-state index in [0.717, 1.165) is 26.1 Å². The molecule has 1 fully saturated rings. The predicted octanol–water partition coefficient (Wildman–Crippen LogP) is 2.60. The second kappa shape index (κ2) is 5.53. The summed E-state index contributed by atoms with van der Waals surface area (Å²) in [5, 5.41) is 8.80. The number of likely N-dealkylation sites (tertiary alicyclic amines) is 1. The number of aliphatic carboxylic acids is 1. The van der Waals surface area contributed by atoms with E-state index in [1.54, 1.807) is 0 Å². The van der Waals surface area contributed by atoms with Crippen molar-refractivity contribution in [2.45, 2.75) is 33.2 Å². The quantitative estimate of drug-likeness (QED) is 0.889. The van der Waals surface area contributed by atoms with Crippen molar-refractivity contribution >= 4 is 5.97 Å². The zero-order valence-corrected chi connectivity index (χ0v) is 11.1. The average molecular weight is 247 g/mol. The van der Waals surface area contributed by atoms with Gasteiger partial charge < -0.3 is 5.11 Å². The normalized spacial score (nSPS) is 20.2. The van der Waals surface area contributed by atoms with E-state index in [2.05, 4.69) is 36.9 Å². The van der Waals surface area contributed by atoms with Crippen LogP contribution in [0.2, 0.25) is 0 Å². The molecule has 98 valence electrons. The van der Waals surface area contributed by atoms with E-state index in [0.29, 0.717) is 12.3 Å². The van der Waals surface area contributed by atoms with Crippen molar-refractivity contribution in [2.75, 3.05) is 13.1 Å². The van der Waals surface area contributed by atoms with Crippen LogP contribution in [0.5, 0.6) is 0 Å². The zero-order valence-electron chi connectivity index (χ0n) is 11.1. The molecular weight excluding hydrogens is 226 g/mol. The highest BCUT2D eigenvalue weighted by Crippen LogP contribution is 2.22. The molecule has 1 aliphatic heterocycles. The molecule has 0 aliphatic carbocycles. The van der Waals surface area contributed by atoms with Crippen LogP contribution in [0, 0.1) is 19.8 Å². The van der Waals surface area contributed by atoms with Crippen LogP contribution in [0.3, 0.4) is 0 Å². The summed E-state index contributed by atoms with van der Waals surface area (Å²) in [4.78, 5) is 13.1. The fourth-order valence-corrected chi connectivity index (χ4v) is 2.89. The van der Waals surface area contributed by atoms with E-state index in [1.807, 2.05) is 0 Å². The average Bonchev–Trinajstić information content (AvgIpc) is 2.62. The standard InChI is InChI=1S/C15H21NO2/c1-11-5-12(2)7-14(6-11)10-16-4-3-13(9-16)8-15(17)18/h5-7,13H,3-4,8-10H2,1-2H3,(H,17,18). The number of carbonyl (C=O) groups is 1. The van der Waals surface area contributed by atoms with E-state index in [4.69, 9.17) is 5.11 Å². The van der Waals surface area contributed by atoms with Crippen LogP contribution in [0.4, 0.5) is 0 Å². The largest absolute Gasteiger partial charge is 0.481 e. The van der Waals surface area contributed by atoms with Crippen molar-refractivity contribution in [3.8, 4) is 0 Å². The topological polar surface area (TPSA) is 40.5 Å². The molecule has 0 bridgehead atoms. The summed E-state index contributed by atoms with van der Waals surface area (Å²) in [7, 11) is 0. The first-order valence-corrected chi connectivity index (χ1v) is 6.54. The van der Waals surface area contributed by atoms with Crippen molar-refractivity contribution in [3.05, 3.63) is 34.9 Å². The van der Waals surface area contributed by atoms with Gasteiger partial charge in [0.1, 0.15) is 0 Å². The van der Waals surface area contributed by atoms with Crippen LogP contribution in [0.1, 0.15) is 29.5 Å². The summed E-state index contributed by atoms with van der Waals surface area (Å²) in [6.07, 6.45) is 1.32. The van der Waals surface area contributed by atoms with Crippen molar-refractivity contribution in [1.82, 2.24) is 4.90 Å². The van der Waals surface area contributed by atoms with Crippen molar-refractivity contribution in [1.29, 1.82) is 0 Å². The van der Waals surface area contributed by atoms with E-state index < -0.39 is 5.97 Å². The molecule has 18 heavy (non-hydrogen) atoms. The van der Waals surface area contributed by atoms with Crippen LogP contribution in [0.25, 0.3) is 0 Å². The maximum absolute atomic E-state index is 10.7. The minimum absolute atomic E-state index is 0.309. The van der Waals surface area contributed by atoms with Crippen LogP contribution in [-0.4, -0.2) is 29.1 Å². The lowest BCUT2D eigenvalue weighted by Crippen LogP contribution is -2.21. The fourth-order valence-electron chi connectivity index (χ4n) is 2.89. The van der Waals surface area contributed by atoms with E-state index >= 15 is 0 Å². The molecule has 2 rings (SSSR count). The molecule has 1 saturated heterocycles. The molecule has 0 amide bonds. The smallest absolute Gasteiger partial charge is 0.303 e. The van der Waals surface area contributed by atoms with Gasteiger partial charge in [-0.2, -0.15) is 0 Å². The highest BCUT2D eigenvalue weighted by Gasteiger charge is 2.24. The van der Waals surface area contributed by atoms with E-state index in [-0.39, 0.29) is 0 Å². The van der Waals surface area contributed by atoms with Gasteiger partial charge in [0.15, 0.2) is 0 Å². The van der Waals surface area contributed by atoms with Gasteiger partial charge in [0.05, 0.1) is 0 Å². The molecule has 0 radical (unpaired) electrons. The van der Waals surface area contributed by atoms with Gasteiger partial charge in [-0.1, -0.05) is 29.3 Å². The molecule has 0 saturated carbocycles. The lowest BCUT2D eigenvalue weighted by atomic mass is 10.1. The first kappa shape index (κ1) is 13.1. The number of hydrogen-bond donors (Lipinski definition) is 1. The molecular formula is C15H21NO2. The molecule has 1 aliphatic rings. The third kappa shape index (κ3) is 3.57. The SMILES string of the molecule is Cc1cc(C)cc(CN2CCC(CC(=O)O)C2)c1. The van der Waals surface area contributed by atoms with Gasteiger partial charge in [-0.3, -0.25) is 9.69 Å². The van der Waals surface area contributed by atoms with Gasteiger partial charge in [0, 0.05) is 19.5 Å². The monoisotopic (exact) mass is 247 g/mol. The number of nitrogens with zero attached hydrogens (tertiary/aromatic N) is 1. The lowest BCUT2D eigenvalue weighted by molar-refractivity contribution is -0.138. The van der Waals surface area contributed by atoms with Crippen molar-refractivity contribution in [2.24, 2.45) is 5.92 Å². The molecule has 1 aromatic rings. The number of carboxylic acids is 1. The summed E-state index contributed by atoms with van der Waals surface area (Å²) in [5.41, 5.74) is 3.93. The summed E-state index contributed by atoms with van der Waals surface area (Å²) in [6.45, 7) is 7.12. The Kier molecular flexibility index (Phi) is 4.02. The van der Waals surface area contributed by atoms with Crippen molar-refractivity contribution in [3.63, 3.8) is 0 Å². The van der Waals surface area contributed by atoms with Crippen LogP contribution in [0.15, 0.2) is 18.2 Å². The number of carboxylic acid groups (broad SMARTS) is 1. The second-order valence-corrected chi connectivity index (χ2v) is 5.48. The van der Waals surface area contributed by atoms with Crippen LogP contribution >= 0.6 is 0 Å². The molecule has 1 aromatic carbocycles. The van der Waals surface area contributed by atoms with Crippen LogP contribution < -0.4 is 0 Å². The van der Waals surface area contributed by atoms with Gasteiger partial charge in [-0.05, 0) is 38.3 Å². The first-order chi connectivity index (χ1) is 8.52. The van der Waals surface area contributed by atoms with E-state index in [9.17, 15) is 4.79 Å². The molecule has 3 nitrogen and oxygen atoms in total. The minimum Gasteiger partial charge on any atom is -0.481 e. The maximum Gasteiger partial charge on any atom is 0.303 e. The molecule has 1 heterocycles. The number of rotatable bonds is 4. The Labute approximate surface area is 108 Å². The van der Waals surface area contributed by atoms with Gasteiger partial charge >= 0.3 is 5.97 Å². The molecule has 0 spiro atoms. The Bertz CT molecular complexity index is 422. The Morgan fingerprint density at radius 1 is 1.33 bits per heavy atom. The summed E-state index contributed by atoms with van der Waals surface area (Å²) in [6, 6.07) is 6.62. The predicted molar refractivity (Wildman–Crippen MR) is 71.6 cm³/mol. The number of benzene rings is 1. The van der Waals surface area contributed by atoms with Gasteiger partial charge in [-0.15, -0.1) is 0 Å². The van der Waals surface area contributed by atoms with Gasteiger partial charge in [0.2, 0.25) is 0 Å². The molecule has 1 atom stereocenters. The first-order valence-electron chi connectivity index (χ1n) is 6.54. The molecule has 0 aromatic heterocycles. The second-order valence-electron chi connectivity index (χ2n) is 5.48. The molecule has 1 N–H and O–H groups in total. The lowest BCUT2D eigenvalue weighted by Gasteiger charge is -2.16. The van der Waals surface area contributed by atoms with Crippen molar-refractivity contribution < 1.29 is 9.90 Å². The third-order valence-corrected chi connectivity index (χ3v) is 3.52. The van der Waals surface area contributed by atoms with Gasteiger partial charge in [-0.25, -0.2) is 0 Å². The molecule has 3 heteroatoms. The minimum atomic E-state index is -0.673.